The number of halogens is 8. The molecule has 17 heteroatoms. The fourth-order valence-corrected chi connectivity index (χ4v) is 5.26. The molecular formula is C29H30F8N6O3. The lowest BCUT2D eigenvalue weighted by atomic mass is 9.85. The second kappa shape index (κ2) is 13.3. The highest BCUT2D eigenvalue weighted by Gasteiger charge is 2.41. The number of anilines is 2. The Labute approximate surface area is 256 Å². The average Bonchev–Trinajstić information content (AvgIpc) is 3.70. The summed E-state index contributed by atoms with van der Waals surface area (Å²) in [6.07, 6.45) is -10.1. The Morgan fingerprint density at radius 3 is 2.33 bits per heavy atom. The molecule has 0 spiro atoms. The monoisotopic (exact) mass is 662 g/mol. The smallest absolute Gasteiger partial charge is 0.418 e. The Bertz CT molecular complexity index is 1560. The van der Waals surface area contributed by atoms with E-state index in [2.05, 4.69) is 30.9 Å². The van der Waals surface area contributed by atoms with Crippen molar-refractivity contribution in [2.24, 2.45) is 11.8 Å². The Morgan fingerprint density at radius 1 is 0.978 bits per heavy atom. The number of ether oxygens (including phenoxy) is 1. The first-order valence-electron chi connectivity index (χ1n) is 14.6. The molecule has 0 saturated heterocycles. The number of amides is 2. The topological polar surface area (TPSA) is 121 Å². The van der Waals surface area contributed by atoms with E-state index in [9.17, 15) is 44.7 Å². The van der Waals surface area contributed by atoms with Gasteiger partial charge in [0, 0.05) is 19.0 Å². The highest BCUT2D eigenvalue weighted by molar-refractivity contribution is 5.99. The van der Waals surface area contributed by atoms with Gasteiger partial charge in [-0.1, -0.05) is 6.07 Å². The van der Waals surface area contributed by atoms with E-state index in [0.29, 0.717) is 17.9 Å². The van der Waals surface area contributed by atoms with Gasteiger partial charge in [-0.15, -0.1) is 0 Å². The van der Waals surface area contributed by atoms with Crippen molar-refractivity contribution >= 4 is 34.6 Å². The van der Waals surface area contributed by atoms with Crippen molar-refractivity contribution < 1.29 is 49.4 Å². The first-order valence-corrected chi connectivity index (χ1v) is 14.6. The number of benzene rings is 1. The minimum atomic E-state index is -4.76. The number of rotatable bonds is 11. The van der Waals surface area contributed by atoms with Crippen LogP contribution in [0, 0.1) is 11.8 Å². The number of hydrogen-bond acceptors (Lipinski definition) is 6. The van der Waals surface area contributed by atoms with Gasteiger partial charge >= 0.3 is 12.4 Å². The van der Waals surface area contributed by atoms with Gasteiger partial charge in [-0.05, 0) is 68.2 Å². The number of H-pyrrole nitrogens is 1. The molecule has 46 heavy (non-hydrogen) atoms. The van der Waals surface area contributed by atoms with Crippen LogP contribution >= 0.6 is 0 Å². The van der Waals surface area contributed by atoms with Crippen LogP contribution in [0.3, 0.4) is 0 Å². The van der Waals surface area contributed by atoms with Gasteiger partial charge in [0.2, 0.25) is 17.7 Å². The summed E-state index contributed by atoms with van der Waals surface area (Å²) in [7, 11) is 0. The molecule has 0 radical (unpaired) electrons. The van der Waals surface area contributed by atoms with Crippen LogP contribution < -0.4 is 20.7 Å². The predicted molar refractivity (Wildman–Crippen MR) is 149 cm³/mol. The van der Waals surface area contributed by atoms with E-state index in [0.717, 1.165) is 25.0 Å². The fraction of sp³-hybridized carbons (Fsp3) is 0.517. The zero-order valence-corrected chi connectivity index (χ0v) is 24.1. The van der Waals surface area contributed by atoms with Gasteiger partial charge in [0.05, 0.1) is 22.7 Å². The molecule has 0 atom stereocenters. The summed E-state index contributed by atoms with van der Waals surface area (Å²) >= 11 is 0. The normalized spacial score (nSPS) is 18.9. The van der Waals surface area contributed by atoms with Gasteiger partial charge in [-0.25, -0.2) is 8.78 Å². The molecule has 2 saturated carbocycles. The maximum Gasteiger partial charge on any atom is 0.418 e. The molecule has 2 amide bonds. The highest BCUT2D eigenvalue weighted by Crippen LogP contribution is 2.39. The molecule has 2 aromatic heterocycles. The number of nitrogens with one attached hydrogen (secondary N) is 4. The van der Waals surface area contributed by atoms with E-state index in [1.807, 2.05) is 0 Å². The molecule has 9 nitrogen and oxygen atoms in total. The first-order chi connectivity index (χ1) is 21.7. The van der Waals surface area contributed by atoms with E-state index in [1.165, 1.54) is 12.1 Å². The summed E-state index contributed by atoms with van der Waals surface area (Å²) in [5.74, 6) is -2.96. The van der Waals surface area contributed by atoms with Crippen molar-refractivity contribution in [2.75, 3.05) is 11.9 Å². The molecule has 4 N–H and O–H groups in total. The third kappa shape index (κ3) is 8.54. The van der Waals surface area contributed by atoms with Gasteiger partial charge in [0.25, 0.3) is 12.3 Å². The van der Waals surface area contributed by atoms with Gasteiger partial charge < -0.3 is 25.7 Å². The number of nitrogens with zero attached hydrogens (tertiary/aromatic N) is 2. The number of hydrogen-bond donors (Lipinski definition) is 4. The van der Waals surface area contributed by atoms with Crippen LogP contribution in [0.4, 0.5) is 46.8 Å². The molecule has 1 aromatic carbocycles. The minimum absolute atomic E-state index is 0.0127. The average molecular weight is 663 g/mol. The van der Waals surface area contributed by atoms with Crippen LogP contribution in [-0.2, 0) is 17.5 Å². The first kappa shape index (κ1) is 33.2. The van der Waals surface area contributed by atoms with Crippen LogP contribution in [0.5, 0.6) is 5.88 Å². The Balaban J connectivity index is 1.37. The fourth-order valence-electron chi connectivity index (χ4n) is 5.26. The molecule has 2 fully saturated rings. The zero-order chi connectivity index (χ0) is 33.2. The van der Waals surface area contributed by atoms with Gasteiger partial charge in [-0.2, -0.15) is 36.3 Å². The standard InChI is InChI=1S/C29H30F8N6O3/c30-22(31)13-46-26-18(25(45)39-17-6-4-16(5-7-17)28(32,33)34)11-21-24(42-26)43-27(41-21)40-20-9-15(3-8-19(20)29(35,36)37)12-38-23(44)10-14-1-2-14/h3,8-9,11,14,16-17,22H,1-2,4-7,10,12-13H2,(H,38,44)(H,39,45)(H2,40,41,42,43). The molecule has 250 valence electrons. The molecule has 0 unspecified atom stereocenters. The van der Waals surface area contributed by atoms with Crippen LogP contribution in [0.15, 0.2) is 24.3 Å². The van der Waals surface area contributed by atoms with Crippen LogP contribution in [0.1, 0.15) is 66.4 Å². The summed E-state index contributed by atoms with van der Waals surface area (Å²) in [4.78, 5) is 36.0. The SMILES string of the molecule is O=C(CC1CC1)NCc1ccc(C(F)(F)F)c(Nc2nc3nc(OCC(F)F)c(C(=O)NC4CCC(C(F)(F)F)CC4)cc3[nH]2)c1. The van der Waals surface area contributed by atoms with Crippen molar-refractivity contribution in [3.63, 3.8) is 0 Å². The van der Waals surface area contributed by atoms with Crippen molar-refractivity contribution in [2.45, 2.75) is 76.3 Å². The van der Waals surface area contributed by atoms with E-state index in [1.54, 1.807) is 0 Å². The Morgan fingerprint density at radius 2 is 1.70 bits per heavy atom. The third-order valence-corrected chi connectivity index (χ3v) is 7.86. The lowest BCUT2D eigenvalue weighted by Crippen LogP contribution is -2.40. The number of pyridine rings is 1. The van der Waals surface area contributed by atoms with Crippen LogP contribution in [0.2, 0.25) is 0 Å². The molecule has 2 aliphatic rings. The van der Waals surface area contributed by atoms with E-state index in [-0.39, 0.29) is 60.8 Å². The minimum Gasteiger partial charge on any atom is -0.471 e. The predicted octanol–water partition coefficient (Wildman–Crippen LogP) is 6.63. The summed E-state index contributed by atoms with van der Waals surface area (Å²) in [5.41, 5.74) is -1.51. The second-order valence-corrected chi connectivity index (χ2v) is 11.5. The van der Waals surface area contributed by atoms with Crippen molar-refractivity contribution in [3.8, 4) is 5.88 Å². The van der Waals surface area contributed by atoms with Crippen molar-refractivity contribution in [1.29, 1.82) is 0 Å². The second-order valence-electron chi connectivity index (χ2n) is 11.5. The molecule has 0 bridgehead atoms. The van der Waals surface area contributed by atoms with Crippen molar-refractivity contribution in [3.05, 3.63) is 41.0 Å². The van der Waals surface area contributed by atoms with Gasteiger partial charge in [0.1, 0.15) is 5.56 Å². The molecule has 0 aliphatic heterocycles. The zero-order valence-electron chi connectivity index (χ0n) is 24.1. The van der Waals surface area contributed by atoms with Gasteiger partial charge in [-0.3, -0.25) is 9.59 Å². The number of alkyl halides is 8. The lowest BCUT2D eigenvalue weighted by molar-refractivity contribution is -0.182. The van der Waals surface area contributed by atoms with E-state index in [4.69, 9.17) is 4.74 Å². The Kier molecular flexibility index (Phi) is 9.58. The van der Waals surface area contributed by atoms with E-state index < -0.39 is 60.4 Å². The maximum atomic E-state index is 13.8. The summed E-state index contributed by atoms with van der Waals surface area (Å²) in [6, 6.07) is 3.83. The molecule has 2 aliphatic carbocycles. The Hall–Kier alpha value is -4.18. The number of carbonyl (C=O) groups excluding carboxylic acids is 2. The summed E-state index contributed by atoms with van der Waals surface area (Å²) < 4.78 is 112. The van der Waals surface area contributed by atoms with Gasteiger partial charge in [0.15, 0.2) is 12.3 Å². The summed E-state index contributed by atoms with van der Waals surface area (Å²) in [6.45, 7) is -1.15. The van der Waals surface area contributed by atoms with Crippen LogP contribution in [0.25, 0.3) is 11.2 Å². The van der Waals surface area contributed by atoms with Crippen LogP contribution in [-0.4, -0.2) is 52.0 Å². The molecule has 2 heterocycles. The lowest BCUT2D eigenvalue weighted by Gasteiger charge is -2.30. The number of carbonyl (C=O) groups is 2. The maximum absolute atomic E-state index is 13.8. The largest absolute Gasteiger partial charge is 0.471 e. The molecular weight excluding hydrogens is 632 g/mol. The number of aromatic amines is 1. The van der Waals surface area contributed by atoms with Crippen molar-refractivity contribution in [1.82, 2.24) is 25.6 Å². The molecule has 3 aromatic rings. The number of imidazole rings is 1. The quantitative estimate of drug-likeness (QED) is 0.171. The highest BCUT2D eigenvalue weighted by atomic mass is 19.4. The number of fused-ring (bicyclic) bond motifs is 1. The third-order valence-electron chi connectivity index (χ3n) is 7.86. The molecule has 5 rings (SSSR count). The van der Waals surface area contributed by atoms with E-state index >= 15 is 0 Å². The number of aromatic nitrogens is 3. The summed E-state index contributed by atoms with van der Waals surface area (Å²) in [5, 5.41) is 7.82.